The fourth-order valence-electron chi connectivity index (χ4n) is 1.01. The lowest BCUT2D eigenvalue weighted by atomic mass is 10.3. The fourth-order valence-corrected chi connectivity index (χ4v) is 1.37. The minimum atomic E-state index is -2.52. The predicted octanol–water partition coefficient (Wildman–Crippen LogP) is 1.76. The molecule has 1 rings (SSSR count). The SMILES string of the molecule is O=C(O)c1nc(CCOCC(F)F)ncc1Br. The molecule has 0 saturated heterocycles. The zero-order chi connectivity index (χ0) is 12.8. The molecule has 0 radical (unpaired) electrons. The van der Waals surface area contributed by atoms with Gasteiger partial charge in [0.05, 0.1) is 11.1 Å². The number of carboxylic acids is 1. The molecule has 8 heteroatoms. The lowest BCUT2D eigenvalue weighted by molar-refractivity contribution is 0.0182. The van der Waals surface area contributed by atoms with Crippen LogP contribution in [0, 0.1) is 0 Å². The van der Waals surface area contributed by atoms with E-state index in [4.69, 9.17) is 5.11 Å². The maximum absolute atomic E-state index is 11.7. The lowest BCUT2D eigenvalue weighted by Gasteiger charge is -2.04. The Morgan fingerprint density at radius 3 is 2.88 bits per heavy atom. The van der Waals surface area contributed by atoms with Crippen LogP contribution in [0.1, 0.15) is 16.3 Å². The number of hydrogen-bond acceptors (Lipinski definition) is 4. The molecule has 94 valence electrons. The number of ether oxygens (including phenoxy) is 1. The van der Waals surface area contributed by atoms with E-state index in [0.717, 1.165) is 0 Å². The van der Waals surface area contributed by atoms with E-state index in [1.165, 1.54) is 6.20 Å². The average molecular weight is 311 g/mol. The van der Waals surface area contributed by atoms with Crippen molar-refractivity contribution in [2.45, 2.75) is 12.8 Å². The van der Waals surface area contributed by atoms with Crippen molar-refractivity contribution in [1.82, 2.24) is 9.97 Å². The second kappa shape index (κ2) is 6.55. The Labute approximate surface area is 104 Å². The number of rotatable bonds is 6. The van der Waals surface area contributed by atoms with Crippen LogP contribution in [-0.4, -0.2) is 40.7 Å². The predicted molar refractivity (Wildman–Crippen MR) is 57.2 cm³/mol. The first kappa shape index (κ1) is 13.9. The van der Waals surface area contributed by atoms with E-state index < -0.39 is 19.0 Å². The summed E-state index contributed by atoms with van der Waals surface area (Å²) in [6.07, 6.45) is -1.03. The molecule has 0 amide bonds. The molecule has 1 heterocycles. The smallest absolute Gasteiger partial charge is 0.355 e. The van der Waals surface area contributed by atoms with E-state index in [1.54, 1.807) is 0 Å². The third kappa shape index (κ3) is 4.70. The second-order valence-electron chi connectivity index (χ2n) is 3.00. The molecule has 0 bridgehead atoms. The van der Waals surface area contributed by atoms with Crippen molar-refractivity contribution in [3.8, 4) is 0 Å². The van der Waals surface area contributed by atoms with Crippen molar-refractivity contribution in [1.29, 1.82) is 0 Å². The molecule has 1 aromatic rings. The molecule has 0 unspecified atom stereocenters. The van der Waals surface area contributed by atoms with Crippen LogP contribution < -0.4 is 0 Å². The first-order valence-corrected chi connectivity index (χ1v) is 5.40. The zero-order valence-electron chi connectivity index (χ0n) is 8.57. The number of carboxylic acid groups (broad SMARTS) is 1. The summed E-state index contributed by atoms with van der Waals surface area (Å²) in [6, 6.07) is 0. The Hall–Kier alpha value is -1.15. The summed E-state index contributed by atoms with van der Waals surface area (Å²) in [5.74, 6) is -0.950. The summed E-state index contributed by atoms with van der Waals surface area (Å²) < 4.78 is 28.4. The van der Waals surface area contributed by atoms with E-state index in [0.29, 0.717) is 0 Å². The monoisotopic (exact) mass is 310 g/mol. The topological polar surface area (TPSA) is 72.3 Å². The lowest BCUT2D eigenvalue weighted by Crippen LogP contribution is -2.11. The van der Waals surface area contributed by atoms with Crippen LogP contribution in [0.4, 0.5) is 8.78 Å². The first-order valence-electron chi connectivity index (χ1n) is 4.61. The Kier molecular flexibility index (Phi) is 5.36. The molecule has 17 heavy (non-hydrogen) atoms. The normalized spacial score (nSPS) is 10.8. The van der Waals surface area contributed by atoms with Gasteiger partial charge in [-0.2, -0.15) is 0 Å². The van der Waals surface area contributed by atoms with Crippen molar-refractivity contribution in [2.24, 2.45) is 0 Å². The van der Waals surface area contributed by atoms with Gasteiger partial charge in [0.15, 0.2) is 5.69 Å². The standard InChI is InChI=1S/C9H9BrF2N2O3/c10-5-3-13-7(14-8(5)9(15)16)1-2-17-4-6(11)12/h3,6H,1-2,4H2,(H,15,16). The summed E-state index contributed by atoms with van der Waals surface area (Å²) in [7, 11) is 0. The summed E-state index contributed by atoms with van der Waals surface area (Å²) in [4.78, 5) is 18.4. The van der Waals surface area contributed by atoms with E-state index in [2.05, 4.69) is 30.6 Å². The number of aromatic carboxylic acids is 1. The molecule has 0 aliphatic heterocycles. The Bertz CT molecular complexity index is 404. The van der Waals surface area contributed by atoms with Gasteiger partial charge in [-0.25, -0.2) is 23.5 Å². The highest BCUT2D eigenvalue weighted by atomic mass is 79.9. The molecular weight excluding hydrogens is 302 g/mol. The van der Waals surface area contributed by atoms with Gasteiger partial charge in [0.25, 0.3) is 6.43 Å². The third-order valence-corrected chi connectivity index (χ3v) is 2.29. The summed E-state index contributed by atoms with van der Waals surface area (Å²) in [5.41, 5.74) is -0.163. The van der Waals surface area contributed by atoms with Crippen molar-refractivity contribution in [3.05, 3.63) is 22.2 Å². The second-order valence-corrected chi connectivity index (χ2v) is 3.86. The van der Waals surface area contributed by atoms with Gasteiger partial charge < -0.3 is 9.84 Å². The molecule has 5 nitrogen and oxygen atoms in total. The Balaban J connectivity index is 2.54. The van der Waals surface area contributed by atoms with E-state index >= 15 is 0 Å². The Morgan fingerprint density at radius 2 is 2.29 bits per heavy atom. The molecule has 0 atom stereocenters. The largest absolute Gasteiger partial charge is 0.476 e. The van der Waals surface area contributed by atoms with Crippen molar-refractivity contribution < 1.29 is 23.4 Å². The van der Waals surface area contributed by atoms with Crippen LogP contribution in [0.25, 0.3) is 0 Å². The van der Waals surface area contributed by atoms with Gasteiger partial charge in [0.2, 0.25) is 0 Å². The fraction of sp³-hybridized carbons (Fsp3) is 0.444. The number of nitrogens with zero attached hydrogens (tertiary/aromatic N) is 2. The van der Waals surface area contributed by atoms with Crippen LogP contribution in [-0.2, 0) is 11.2 Å². The minimum Gasteiger partial charge on any atom is -0.476 e. The molecule has 0 aliphatic carbocycles. The van der Waals surface area contributed by atoms with Gasteiger partial charge >= 0.3 is 5.97 Å². The van der Waals surface area contributed by atoms with Crippen molar-refractivity contribution in [3.63, 3.8) is 0 Å². The van der Waals surface area contributed by atoms with Crippen LogP contribution in [0.3, 0.4) is 0 Å². The number of aromatic nitrogens is 2. The number of carbonyl (C=O) groups is 1. The molecule has 0 saturated carbocycles. The quantitative estimate of drug-likeness (QED) is 0.811. The van der Waals surface area contributed by atoms with Gasteiger partial charge in [-0.05, 0) is 15.9 Å². The van der Waals surface area contributed by atoms with Crippen LogP contribution in [0.2, 0.25) is 0 Å². The van der Waals surface area contributed by atoms with E-state index in [9.17, 15) is 13.6 Å². The molecule has 0 fully saturated rings. The summed E-state index contributed by atoms with van der Waals surface area (Å²) in [6.45, 7) is -0.632. The molecule has 0 aliphatic rings. The average Bonchev–Trinajstić information content (AvgIpc) is 2.25. The van der Waals surface area contributed by atoms with Crippen LogP contribution >= 0.6 is 15.9 Å². The zero-order valence-corrected chi connectivity index (χ0v) is 10.2. The maximum atomic E-state index is 11.7. The van der Waals surface area contributed by atoms with Gasteiger partial charge in [-0.3, -0.25) is 0 Å². The number of alkyl halides is 2. The van der Waals surface area contributed by atoms with Crippen LogP contribution in [0.5, 0.6) is 0 Å². The van der Waals surface area contributed by atoms with E-state index in [-0.39, 0.29) is 29.0 Å². The van der Waals surface area contributed by atoms with Crippen LogP contribution in [0.15, 0.2) is 10.7 Å². The number of hydrogen-bond donors (Lipinski definition) is 1. The highest BCUT2D eigenvalue weighted by Crippen LogP contribution is 2.13. The molecular formula is C9H9BrF2N2O3. The van der Waals surface area contributed by atoms with Gasteiger partial charge in [0, 0.05) is 12.6 Å². The van der Waals surface area contributed by atoms with Gasteiger partial charge in [-0.15, -0.1) is 0 Å². The maximum Gasteiger partial charge on any atom is 0.355 e. The first-order chi connectivity index (χ1) is 8.00. The highest BCUT2D eigenvalue weighted by Gasteiger charge is 2.12. The molecule has 0 aromatic carbocycles. The van der Waals surface area contributed by atoms with Gasteiger partial charge in [-0.1, -0.05) is 0 Å². The molecule has 0 spiro atoms. The third-order valence-electron chi connectivity index (χ3n) is 1.71. The minimum absolute atomic E-state index is 0.0189. The van der Waals surface area contributed by atoms with Crippen molar-refractivity contribution >= 4 is 21.9 Å². The summed E-state index contributed by atoms with van der Waals surface area (Å²) in [5, 5.41) is 8.78. The summed E-state index contributed by atoms with van der Waals surface area (Å²) >= 11 is 3.00. The van der Waals surface area contributed by atoms with Gasteiger partial charge in [0.1, 0.15) is 12.4 Å². The Morgan fingerprint density at radius 1 is 1.59 bits per heavy atom. The molecule has 1 aromatic heterocycles. The number of halogens is 3. The highest BCUT2D eigenvalue weighted by molar-refractivity contribution is 9.10. The van der Waals surface area contributed by atoms with E-state index in [1.807, 2.05) is 0 Å². The van der Waals surface area contributed by atoms with Crippen molar-refractivity contribution in [2.75, 3.05) is 13.2 Å². The molecule has 1 N–H and O–H groups in total.